The van der Waals surface area contributed by atoms with Gasteiger partial charge in [0.05, 0.1) is 5.02 Å². The molecule has 2 fully saturated rings. The van der Waals surface area contributed by atoms with Crippen LogP contribution in [0.5, 0.6) is 0 Å². The molecule has 2 aliphatic rings. The van der Waals surface area contributed by atoms with E-state index in [-0.39, 0.29) is 0 Å². The molecule has 0 aromatic carbocycles. The zero-order valence-corrected chi connectivity index (χ0v) is 13.0. The molecule has 4 heteroatoms. The van der Waals surface area contributed by atoms with Crippen LogP contribution in [0.1, 0.15) is 38.2 Å². The molecule has 1 N–H and O–H groups in total. The summed E-state index contributed by atoms with van der Waals surface area (Å²) in [4.78, 5) is 7.01. The Morgan fingerprint density at radius 1 is 1.35 bits per heavy atom. The Morgan fingerprint density at radius 2 is 2.10 bits per heavy atom. The lowest BCUT2D eigenvalue weighted by Gasteiger charge is -2.20. The molecule has 1 saturated heterocycles. The van der Waals surface area contributed by atoms with Gasteiger partial charge in [-0.05, 0) is 49.3 Å². The zero-order chi connectivity index (χ0) is 13.9. The highest BCUT2D eigenvalue weighted by molar-refractivity contribution is 6.33. The van der Waals surface area contributed by atoms with E-state index in [0.717, 1.165) is 55.3 Å². The van der Waals surface area contributed by atoms with Crippen LogP contribution in [0, 0.1) is 11.8 Å². The fraction of sp³-hybridized carbons (Fsp3) is 0.688. The summed E-state index contributed by atoms with van der Waals surface area (Å²) in [5, 5.41) is 4.19. The summed E-state index contributed by atoms with van der Waals surface area (Å²) in [6.45, 7) is 6.35. The lowest BCUT2D eigenvalue weighted by Crippen LogP contribution is -2.22. The van der Waals surface area contributed by atoms with E-state index < -0.39 is 0 Å². The molecule has 2 unspecified atom stereocenters. The Kier molecular flexibility index (Phi) is 4.47. The van der Waals surface area contributed by atoms with Crippen LogP contribution < -0.4 is 10.2 Å². The van der Waals surface area contributed by atoms with Gasteiger partial charge in [-0.1, -0.05) is 24.9 Å². The Hall–Kier alpha value is -0.800. The van der Waals surface area contributed by atoms with Gasteiger partial charge >= 0.3 is 0 Å². The number of nitrogens with one attached hydrogen (secondary N) is 1. The average molecular weight is 294 g/mol. The number of anilines is 1. The van der Waals surface area contributed by atoms with Crippen LogP contribution in [0.2, 0.25) is 5.02 Å². The van der Waals surface area contributed by atoms with Crippen molar-refractivity contribution in [1.29, 1.82) is 0 Å². The highest BCUT2D eigenvalue weighted by Gasteiger charge is 2.37. The third-order valence-electron chi connectivity index (χ3n) is 4.66. The van der Waals surface area contributed by atoms with Crippen molar-refractivity contribution in [2.24, 2.45) is 11.8 Å². The monoisotopic (exact) mass is 293 g/mol. The van der Waals surface area contributed by atoms with Crippen LogP contribution in [-0.2, 0) is 6.54 Å². The van der Waals surface area contributed by atoms with Crippen LogP contribution in [0.4, 0.5) is 5.82 Å². The summed E-state index contributed by atoms with van der Waals surface area (Å²) in [6.07, 6.45) is 7.30. The zero-order valence-electron chi connectivity index (χ0n) is 12.2. The van der Waals surface area contributed by atoms with E-state index in [4.69, 9.17) is 11.6 Å². The summed E-state index contributed by atoms with van der Waals surface area (Å²) in [6, 6.07) is 2.07. The van der Waals surface area contributed by atoms with Crippen molar-refractivity contribution in [2.75, 3.05) is 24.5 Å². The van der Waals surface area contributed by atoms with Crippen molar-refractivity contribution in [3.63, 3.8) is 0 Å². The molecule has 1 aliphatic heterocycles. The van der Waals surface area contributed by atoms with E-state index >= 15 is 0 Å². The van der Waals surface area contributed by atoms with Gasteiger partial charge in [0.15, 0.2) is 0 Å². The molecule has 20 heavy (non-hydrogen) atoms. The van der Waals surface area contributed by atoms with Gasteiger partial charge in [-0.3, -0.25) is 0 Å². The molecule has 1 aromatic rings. The molecule has 0 amide bonds. The summed E-state index contributed by atoms with van der Waals surface area (Å²) in [5.41, 5.74) is 1.17. The molecule has 2 heterocycles. The summed E-state index contributed by atoms with van der Waals surface area (Å²) >= 11 is 6.45. The lowest BCUT2D eigenvalue weighted by molar-refractivity contribution is 0.494. The van der Waals surface area contributed by atoms with Crippen molar-refractivity contribution < 1.29 is 0 Å². The van der Waals surface area contributed by atoms with Crippen molar-refractivity contribution >= 4 is 17.4 Å². The predicted octanol–water partition coefficient (Wildman–Crippen LogP) is 3.47. The number of hydrogen-bond acceptors (Lipinski definition) is 3. The van der Waals surface area contributed by atoms with Gasteiger partial charge in [0, 0.05) is 25.8 Å². The molecular weight excluding hydrogens is 270 g/mol. The highest BCUT2D eigenvalue weighted by atomic mass is 35.5. The molecule has 0 bridgehead atoms. The number of halogens is 1. The molecule has 0 radical (unpaired) electrons. The van der Waals surface area contributed by atoms with Crippen molar-refractivity contribution in [3.05, 3.63) is 22.8 Å². The van der Waals surface area contributed by atoms with Gasteiger partial charge < -0.3 is 10.2 Å². The number of aromatic nitrogens is 1. The average Bonchev–Trinajstić information content (AvgIpc) is 3.00. The predicted molar refractivity (Wildman–Crippen MR) is 84.3 cm³/mol. The van der Waals surface area contributed by atoms with E-state index in [0.29, 0.717) is 0 Å². The molecule has 3 rings (SSSR count). The molecule has 3 nitrogen and oxygen atoms in total. The van der Waals surface area contributed by atoms with Gasteiger partial charge in [-0.2, -0.15) is 0 Å². The normalized spacial score (nSPS) is 25.2. The number of nitrogens with zero attached hydrogens (tertiary/aromatic N) is 2. The Balaban J connectivity index is 1.65. The number of pyridine rings is 1. The minimum absolute atomic E-state index is 0.806. The highest BCUT2D eigenvalue weighted by Crippen LogP contribution is 2.40. The van der Waals surface area contributed by atoms with Crippen LogP contribution >= 0.6 is 11.6 Å². The molecule has 0 spiro atoms. The Morgan fingerprint density at radius 3 is 2.75 bits per heavy atom. The summed E-state index contributed by atoms with van der Waals surface area (Å²) in [5.74, 6) is 2.73. The van der Waals surface area contributed by atoms with Gasteiger partial charge in [0.2, 0.25) is 0 Å². The number of rotatable bonds is 5. The molecule has 1 aromatic heterocycles. The number of hydrogen-bond donors (Lipinski definition) is 1. The molecule has 110 valence electrons. The first kappa shape index (κ1) is 14.2. The van der Waals surface area contributed by atoms with E-state index in [9.17, 15) is 0 Å². The lowest BCUT2D eigenvalue weighted by atomic mass is 10.0. The third kappa shape index (κ3) is 2.94. The second-order valence-electron chi connectivity index (χ2n) is 6.18. The Labute approximate surface area is 126 Å². The maximum Gasteiger partial charge on any atom is 0.147 e. The first-order chi connectivity index (χ1) is 9.78. The van der Waals surface area contributed by atoms with E-state index in [1.165, 1.54) is 24.8 Å². The third-order valence-corrected chi connectivity index (χ3v) is 4.94. The number of fused-ring (bicyclic) bond motifs is 1. The smallest absolute Gasteiger partial charge is 0.147 e. The van der Waals surface area contributed by atoms with Crippen LogP contribution in [-0.4, -0.2) is 24.6 Å². The molecule has 2 atom stereocenters. The van der Waals surface area contributed by atoms with Crippen molar-refractivity contribution in [3.8, 4) is 0 Å². The minimum atomic E-state index is 0.806. The van der Waals surface area contributed by atoms with Crippen molar-refractivity contribution in [1.82, 2.24) is 10.3 Å². The second-order valence-corrected chi connectivity index (χ2v) is 6.59. The first-order valence-corrected chi connectivity index (χ1v) is 8.25. The van der Waals surface area contributed by atoms with Gasteiger partial charge in [0.1, 0.15) is 5.82 Å². The molecular formula is C16H24ClN3. The molecule has 1 saturated carbocycles. The van der Waals surface area contributed by atoms with Gasteiger partial charge in [-0.15, -0.1) is 0 Å². The van der Waals surface area contributed by atoms with E-state index in [1.807, 2.05) is 6.20 Å². The fourth-order valence-corrected chi connectivity index (χ4v) is 3.93. The second kappa shape index (κ2) is 6.31. The summed E-state index contributed by atoms with van der Waals surface area (Å²) in [7, 11) is 0. The van der Waals surface area contributed by atoms with Crippen LogP contribution in [0.15, 0.2) is 12.3 Å². The minimum Gasteiger partial charge on any atom is -0.355 e. The van der Waals surface area contributed by atoms with E-state index in [1.54, 1.807) is 0 Å². The maximum atomic E-state index is 6.45. The fourth-order valence-electron chi connectivity index (χ4n) is 3.62. The summed E-state index contributed by atoms with van der Waals surface area (Å²) < 4.78 is 0. The first-order valence-electron chi connectivity index (χ1n) is 7.88. The molecule has 1 aliphatic carbocycles. The van der Waals surface area contributed by atoms with Gasteiger partial charge in [-0.25, -0.2) is 4.98 Å². The SMILES string of the molecule is CCCNCc1cnc(N2CC3CCCC3C2)c(Cl)c1. The van der Waals surface area contributed by atoms with Crippen molar-refractivity contribution in [2.45, 2.75) is 39.2 Å². The largest absolute Gasteiger partial charge is 0.355 e. The van der Waals surface area contributed by atoms with Crippen LogP contribution in [0.25, 0.3) is 0 Å². The van der Waals surface area contributed by atoms with Gasteiger partial charge in [0.25, 0.3) is 0 Å². The van der Waals surface area contributed by atoms with Crippen LogP contribution in [0.3, 0.4) is 0 Å². The maximum absolute atomic E-state index is 6.45. The Bertz CT molecular complexity index is 451. The quantitative estimate of drug-likeness (QED) is 0.843. The standard InChI is InChI=1S/C16H24ClN3/c1-2-6-18-8-12-7-15(17)16(19-9-12)20-10-13-4-3-5-14(13)11-20/h7,9,13-14,18H,2-6,8,10-11H2,1H3. The van der Waals surface area contributed by atoms with E-state index in [2.05, 4.69) is 28.2 Å². The topological polar surface area (TPSA) is 28.2 Å².